The number of aliphatic hydroxyl groups is 1. The third kappa shape index (κ3) is 7.35. The van der Waals surface area contributed by atoms with Crippen molar-refractivity contribution in [3.8, 4) is 17.2 Å². The van der Waals surface area contributed by atoms with Crippen molar-refractivity contribution < 1.29 is 24.2 Å². The number of ketones is 1. The lowest BCUT2D eigenvalue weighted by molar-refractivity contribution is -0.140. The van der Waals surface area contributed by atoms with Gasteiger partial charge in [0.15, 0.2) is 0 Å². The van der Waals surface area contributed by atoms with Crippen molar-refractivity contribution in [2.24, 2.45) is 0 Å². The van der Waals surface area contributed by atoms with E-state index in [2.05, 4.69) is 25.7 Å². The minimum absolute atomic E-state index is 0.0781. The molecule has 0 aliphatic carbocycles. The van der Waals surface area contributed by atoms with Gasteiger partial charge in [0.25, 0.3) is 11.7 Å². The Hall–Kier alpha value is -4.10. The predicted molar refractivity (Wildman–Crippen MR) is 161 cm³/mol. The van der Waals surface area contributed by atoms with E-state index in [1.54, 1.807) is 29.2 Å². The van der Waals surface area contributed by atoms with Crippen molar-refractivity contribution in [3.05, 3.63) is 95.6 Å². The fraction of sp³-hybridized carbons (Fsp3) is 0.353. The highest BCUT2D eigenvalue weighted by Gasteiger charge is 2.46. The largest absolute Gasteiger partial charge is 0.507 e. The first-order chi connectivity index (χ1) is 20.0. The highest BCUT2D eigenvalue weighted by atomic mass is 16.5. The van der Waals surface area contributed by atoms with Crippen LogP contribution in [0, 0.1) is 0 Å². The van der Waals surface area contributed by atoms with Crippen LogP contribution < -0.4 is 9.47 Å². The first kappa shape index (κ1) is 29.9. The molecule has 7 nitrogen and oxygen atoms in total. The number of carbonyl (C=O) groups excluding carboxylic acids is 2. The average molecular weight is 557 g/mol. The second kappa shape index (κ2) is 14.5. The lowest BCUT2D eigenvalue weighted by Crippen LogP contribution is -2.33. The van der Waals surface area contributed by atoms with Crippen LogP contribution >= 0.6 is 0 Å². The predicted octanol–water partition coefficient (Wildman–Crippen LogP) is 6.81. The standard InChI is InChI=1S/C34H40N2O5/c1-4-7-23-40-27-19-17-25(18-20-27)32(37)30-31(36(34(39)33(30)38)22-12-21-35(5-2)6-3)26-13-11-16-29(24-26)41-28-14-9-8-10-15-28/h8-11,13-20,24,31,37H,4-7,12,21-23H2,1-3H3/t31-/m0/s1. The molecular weight excluding hydrogens is 516 g/mol. The van der Waals surface area contributed by atoms with E-state index in [0.717, 1.165) is 32.5 Å². The summed E-state index contributed by atoms with van der Waals surface area (Å²) < 4.78 is 11.8. The van der Waals surface area contributed by atoms with Crippen LogP contribution in [0.3, 0.4) is 0 Å². The lowest BCUT2D eigenvalue weighted by atomic mass is 9.95. The molecule has 1 fully saturated rings. The summed E-state index contributed by atoms with van der Waals surface area (Å²) in [7, 11) is 0. The van der Waals surface area contributed by atoms with E-state index in [4.69, 9.17) is 9.47 Å². The number of Topliss-reactive ketones (excluding diaryl/α,β-unsaturated/α-hetero) is 1. The third-order valence-electron chi connectivity index (χ3n) is 7.35. The topological polar surface area (TPSA) is 79.3 Å². The number of unbranched alkanes of at least 4 members (excludes halogenated alkanes) is 1. The summed E-state index contributed by atoms with van der Waals surface area (Å²) in [5.74, 6) is 0.455. The molecule has 41 heavy (non-hydrogen) atoms. The summed E-state index contributed by atoms with van der Waals surface area (Å²) in [6, 6.07) is 23.0. The van der Waals surface area contributed by atoms with Gasteiger partial charge in [0.2, 0.25) is 0 Å². The van der Waals surface area contributed by atoms with Crippen LogP contribution in [0.1, 0.15) is 57.2 Å². The van der Waals surface area contributed by atoms with Gasteiger partial charge in [-0.15, -0.1) is 0 Å². The van der Waals surface area contributed by atoms with E-state index >= 15 is 0 Å². The van der Waals surface area contributed by atoms with Gasteiger partial charge in [0.05, 0.1) is 18.2 Å². The molecule has 7 heteroatoms. The monoisotopic (exact) mass is 556 g/mol. The van der Waals surface area contributed by atoms with Gasteiger partial charge in [0.1, 0.15) is 23.0 Å². The van der Waals surface area contributed by atoms with Gasteiger partial charge in [0, 0.05) is 12.1 Å². The van der Waals surface area contributed by atoms with Gasteiger partial charge < -0.3 is 24.4 Å². The van der Waals surface area contributed by atoms with E-state index in [9.17, 15) is 14.7 Å². The molecule has 0 unspecified atom stereocenters. The number of rotatable bonds is 14. The van der Waals surface area contributed by atoms with E-state index < -0.39 is 17.7 Å². The smallest absolute Gasteiger partial charge is 0.295 e. The molecule has 0 saturated carbocycles. The molecule has 3 aromatic rings. The summed E-state index contributed by atoms with van der Waals surface area (Å²) in [6.07, 6.45) is 2.69. The van der Waals surface area contributed by atoms with E-state index in [0.29, 0.717) is 47.9 Å². The summed E-state index contributed by atoms with van der Waals surface area (Å²) in [4.78, 5) is 30.7. The van der Waals surface area contributed by atoms with Crippen LogP contribution in [0.5, 0.6) is 17.2 Å². The number of hydrogen-bond acceptors (Lipinski definition) is 6. The van der Waals surface area contributed by atoms with Gasteiger partial charge in [-0.1, -0.05) is 57.5 Å². The van der Waals surface area contributed by atoms with Gasteiger partial charge >= 0.3 is 0 Å². The van der Waals surface area contributed by atoms with Crippen molar-refractivity contribution in [2.45, 2.75) is 46.1 Å². The molecule has 216 valence electrons. The van der Waals surface area contributed by atoms with Crippen molar-refractivity contribution in [3.63, 3.8) is 0 Å². The number of ether oxygens (including phenoxy) is 2. The first-order valence-corrected chi connectivity index (χ1v) is 14.5. The maximum Gasteiger partial charge on any atom is 0.295 e. The molecule has 1 heterocycles. The molecule has 4 rings (SSSR count). The minimum atomic E-state index is -0.744. The minimum Gasteiger partial charge on any atom is -0.507 e. The molecule has 3 aromatic carbocycles. The Morgan fingerprint density at radius 2 is 1.56 bits per heavy atom. The molecule has 1 N–H and O–H groups in total. The first-order valence-electron chi connectivity index (χ1n) is 14.5. The maximum absolute atomic E-state index is 13.5. The number of hydrogen-bond donors (Lipinski definition) is 1. The van der Waals surface area contributed by atoms with Crippen LogP contribution in [0.4, 0.5) is 0 Å². The van der Waals surface area contributed by atoms with Crippen molar-refractivity contribution in [1.29, 1.82) is 0 Å². The zero-order valence-corrected chi connectivity index (χ0v) is 24.2. The second-order valence-electron chi connectivity index (χ2n) is 10.1. The summed E-state index contributed by atoms with van der Waals surface area (Å²) in [5.41, 5.74) is 1.23. The number of benzene rings is 3. The van der Waals surface area contributed by atoms with Crippen LogP contribution in [-0.4, -0.2) is 59.4 Å². The molecule has 1 atom stereocenters. The van der Waals surface area contributed by atoms with Crippen LogP contribution in [0.15, 0.2) is 84.4 Å². The van der Waals surface area contributed by atoms with Crippen molar-refractivity contribution >= 4 is 17.4 Å². The van der Waals surface area contributed by atoms with Gasteiger partial charge in [-0.05, 0) is 86.6 Å². The summed E-state index contributed by atoms with van der Waals surface area (Å²) in [5, 5.41) is 11.5. The summed E-state index contributed by atoms with van der Waals surface area (Å²) in [6.45, 7) is 9.94. The molecular formula is C34H40N2O5. The van der Waals surface area contributed by atoms with E-state index in [-0.39, 0.29) is 11.3 Å². The number of carbonyl (C=O) groups is 2. The van der Waals surface area contributed by atoms with E-state index in [1.807, 2.05) is 54.6 Å². The molecule has 1 amide bonds. The Kier molecular flexibility index (Phi) is 10.6. The molecule has 1 aliphatic rings. The molecule has 0 radical (unpaired) electrons. The Labute approximate surface area is 243 Å². The average Bonchev–Trinajstić information content (AvgIpc) is 3.25. The van der Waals surface area contributed by atoms with E-state index in [1.165, 1.54) is 0 Å². The van der Waals surface area contributed by atoms with Crippen molar-refractivity contribution in [2.75, 3.05) is 32.8 Å². The number of para-hydroxylation sites is 1. The van der Waals surface area contributed by atoms with Crippen molar-refractivity contribution in [1.82, 2.24) is 9.80 Å². The van der Waals surface area contributed by atoms with Gasteiger partial charge in [-0.3, -0.25) is 9.59 Å². The summed E-state index contributed by atoms with van der Waals surface area (Å²) >= 11 is 0. The highest BCUT2D eigenvalue weighted by Crippen LogP contribution is 2.41. The van der Waals surface area contributed by atoms with Gasteiger partial charge in [-0.25, -0.2) is 0 Å². The number of nitrogens with zero attached hydrogens (tertiary/aromatic N) is 2. The Morgan fingerprint density at radius 3 is 2.24 bits per heavy atom. The number of likely N-dealkylation sites (tertiary alicyclic amines) is 1. The molecule has 0 bridgehead atoms. The lowest BCUT2D eigenvalue weighted by Gasteiger charge is -2.27. The fourth-order valence-corrected chi connectivity index (χ4v) is 5.03. The third-order valence-corrected chi connectivity index (χ3v) is 7.35. The quantitative estimate of drug-likeness (QED) is 0.102. The fourth-order valence-electron chi connectivity index (χ4n) is 5.03. The Bertz CT molecular complexity index is 1330. The Morgan fingerprint density at radius 1 is 0.854 bits per heavy atom. The molecule has 0 spiro atoms. The van der Waals surface area contributed by atoms with Gasteiger partial charge in [-0.2, -0.15) is 0 Å². The second-order valence-corrected chi connectivity index (χ2v) is 10.1. The Balaban J connectivity index is 1.69. The normalized spacial score (nSPS) is 16.4. The molecule has 1 aliphatic heterocycles. The maximum atomic E-state index is 13.5. The molecule has 1 saturated heterocycles. The van der Waals surface area contributed by atoms with Crippen LogP contribution in [0.2, 0.25) is 0 Å². The molecule has 0 aromatic heterocycles. The number of amides is 1. The van der Waals surface area contributed by atoms with Crippen LogP contribution in [-0.2, 0) is 9.59 Å². The van der Waals surface area contributed by atoms with Crippen LogP contribution in [0.25, 0.3) is 5.76 Å². The zero-order chi connectivity index (χ0) is 29.2. The number of aliphatic hydroxyl groups excluding tert-OH is 1. The zero-order valence-electron chi connectivity index (χ0n) is 24.2. The SMILES string of the molecule is CCCCOc1ccc(C(O)=C2C(=O)C(=O)N(CCCN(CC)CC)[C@H]2c2cccc(Oc3ccccc3)c2)cc1. The highest BCUT2D eigenvalue weighted by molar-refractivity contribution is 6.46.